The summed E-state index contributed by atoms with van der Waals surface area (Å²) in [7, 11) is 1.18. The maximum Gasteiger partial charge on any atom is 0.167 e. The van der Waals surface area contributed by atoms with Crippen molar-refractivity contribution in [1.82, 2.24) is 0 Å². The lowest BCUT2D eigenvalue weighted by atomic mass is 10.1. The number of ether oxygens (including phenoxy) is 1. The molecule has 1 rings (SSSR count). The third kappa shape index (κ3) is 2.19. The molecule has 6 heteroatoms. The molecule has 1 aromatic carbocycles. The van der Waals surface area contributed by atoms with E-state index in [0.717, 1.165) is 6.07 Å². The number of aliphatic hydroxyl groups is 1. The van der Waals surface area contributed by atoms with Crippen LogP contribution in [0.25, 0.3) is 0 Å². The summed E-state index contributed by atoms with van der Waals surface area (Å²) >= 11 is 5.44. The summed E-state index contributed by atoms with van der Waals surface area (Å²) in [5.74, 6) is -2.03. The van der Waals surface area contributed by atoms with Crippen LogP contribution in [0.1, 0.15) is 11.6 Å². The molecule has 3 N–H and O–H groups in total. The molecular weight excluding hydrogens is 228 g/mol. The number of halogens is 3. The van der Waals surface area contributed by atoms with Crippen LogP contribution < -0.4 is 10.5 Å². The van der Waals surface area contributed by atoms with Gasteiger partial charge in [0, 0.05) is 0 Å². The standard InChI is InChI=1S/C9H10ClF2NO2/c1-15-9-5(11)2-4(10)8(12)7(9)6(13)3-14/h2,6,14H,3,13H2,1H3. The maximum atomic E-state index is 13.5. The summed E-state index contributed by atoms with van der Waals surface area (Å²) < 4.78 is 31.4. The third-order valence-corrected chi connectivity index (χ3v) is 2.21. The Morgan fingerprint density at radius 2 is 2.20 bits per heavy atom. The molecule has 1 unspecified atom stereocenters. The first-order valence-corrected chi connectivity index (χ1v) is 4.48. The number of aliphatic hydroxyl groups excluding tert-OH is 1. The van der Waals surface area contributed by atoms with E-state index in [2.05, 4.69) is 4.74 Å². The molecule has 3 nitrogen and oxygen atoms in total. The Morgan fingerprint density at radius 1 is 1.60 bits per heavy atom. The first-order valence-electron chi connectivity index (χ1n) is 4.10. The van der Waals surface area contributed by atoms with Gasteiger partial charge in [0.2, 0.25) is 0 Å². The molecule has 0 aliphatic heterocycles. The van der Waals surface area contributed by atoms with Crippen LogP contribution in [-0.4, -0.2) is 18.8 Å². The summed E-state index contributed by atoms with van der Waals surface area (Å²) in [5, 5.41) is 8.41. The molecule has 0 aliphatic carbocycles. The number of rotatable bonds is 3. The zero-order valence-electron chi connectivity index (χ0n) is 7.93. The average Bonchev–Trinajstić information content (AvgIpc) is 2.21. The molecule has 0 saturated heterocycles. The van der Waals surface area contributed by atoms with Gasteiger partial charge in [0.1, 0.15) is 0 Å². The Labute approximate surface area is 90.4 Å². The average molecular weight is 238 g/mol. The number of nitrogens with two attached hydrogens (primary N) is 1. The van der Waals surface area contributed by atoms with Gasteiger partial charge >= 0.3 is 0 Å². The summed E-state index contributed by atoms with van der Waals surface area (Å²) in [6.45, 7) is -0.535. The van der Waals surface area contributed by atoms with E-state index < -0.39 is 29.3 Å². The van der Waals surface area contributed by atoms with Crippen molar-refractivity contribution in [1.29, 1.82) is 0 Å². The fraction of sp³-hybridized carbons (Fsp3) is 0.333. The van der Waals surface area contributed by atoms with Crippen molar-refractivity contribution in [3.8, 4) is 5.75 Å². The van der Waals surface area contributed by atoms with Crippen LogP contribution in [0.2, 0.25) is 5.02 Å². The Balaban J connectivity index is 3.43. The molecule has 0 aliphatic rings. The molecule has 0 amide bonds. The number of hydrogen-bond acceptors (Lipinski definition) is 3. The lowest BCUT2D eigenvalue weighted by molar-refractivity contribution is 0.260. The Bertz CT molecular complexity index is 374. The van der Waals surface area contributed by atoms with Gasteiger partial charge in [-0.05, 0) is 6.07 Å². The fourth-order valence-electron chi connectivity index (χ4n) is 1.23. The van der Waals surface area contributed by atoms with Crippen LogP contribution in [0.5, 0.6) is 5.75 Å². The maximum absolute atomic E-state index is 13.5. The van der Waals surface area contributed by atoms with Gasteiger partial charge in [0.15, 0.2) is 17.4 Å². The highest BCUT2D eigenvalue weighted by Crippen LogP contribution is 2.33. The lowest BCUT2D eigenvalue weighted by Crippen LogP contribution is -2.18. The topological polar surface area (TPSA) is 55.5 Å². The highest BCUT2D eigenvalue weighted by Gasteiger charge is 2.22. The molecule has 0 spiro atoms. The molecule has 15 heavy (non-hydrogen) atoms. The smallest absolute Gasteiger partial charge is 0.167 e. The zero-order valence-corrected chi connectivity index (χ0v) is 8.68. The van der Waals surface area contributed by atoms with Crippen molar-refractivity contribution in [2.24, 2.45) is 5.73 Å². The van der Waals surface area contributed by atoms with Gasteiger partial charge < -0.3 is 15.6 Å². The predicted octanol–water partition coefficient (Wildman–Crippen LogP) is 1.62. The molecule has 84 valence electrons. The van der Waals surface area contributed by atoms with Crippen molar-refractivity contribution in [2.45, 2.75) is 6.04 Å². The van der Waals surface area contributed by atoms with Crippen molar-refractivity contribution in [2.75, 3.05) is 13.7 Å². The van der Waals surface area contributed by atoms with Crippen LogP contribution in [0.3, 0.4) is 0 Å². The quantitative estimate of drug-likeness (QED) is 0.786. The van der Waals surface area contributed by atoms with Gasteiger partial charge in [-0.2, -0.15) is 0 Å². The van der Waals surface area contributed by atoms with Crippen molar-refractivity contribution in [3.05, 3.63) is 28.3 Å². The van der Waals surface area contributed by atoms with E-state index in [4.69, 9.17) is 22.4 Å². The molecule has 0 bridgehead atoms. The molecular formula is C9H10ClF2NO2. The van der Waals surface area contributed by atoms with Crippen LogP contribution in [-0.2, 0) is 0 Å². The van der Waals surface area contributed by atoms with E-state index in [-0.39, 0.29) is 11.3 Å². The van der Waals surface area contributed by atoms with Crippen LogP contribution in [0.4, 0.5) is 8.78 Å². The van der Waals surface area contributed by atoms with Crippen LogP contribution in [0, 0.1) is 11.6 Å². The summed E-state index contributed by atoms with van der Waals surface area (Å²) in [6.07, 6.45) is 0. The fourth-order valence-corrected chi connectivity index (χ4v) is 1.42. The molecule has 0 saturated carbocycles. The van der Waals surface area contributed by atoms with Gasteiger partial charge in [-0.25, -0.2) is 8.78 Å². The molecule has 0 aromatic heterocycles. The van der Waals surface area contributed by atoms with E-state index in [1.54, 1.807) is 0 Å². The van der Waals surface area contributed by atoms with Crippen LogP contribution in [0.15, 0.2) is 6.07 Å². The van der Waals surface area contributed by atoms with Crippen molar-refractivity contribution in [3.63, 3.8) is 0 Å². The minimum Gasteiger partial charge on any atom is -0.493 e. The summed E-state index contributed by atoms with van der Waals surface area (Å²) in [4.78, 5) is 0. The van der Waals surface area contributed by atoms with Crippen molar-refractivity contribution < 1.29 is 18.6 Å². The van der Waals surface area contributed by atoms with Gasteiger partial charge in [-0.15, -0.1) is 0 Å². The second-order valence-electron chi connectivity index (χ2n) is 2.89. The monoisotopic (exact) mass is 237 g/mol. The molecule has 0 radical (unpaired) electrons. The molecule has 0 heterocycles. The molecule has 0 fully saturated rings. The normalized spacial score (nSPS) is 12.7. The predicted molar refractivity (Wildman–Crippen MR) is 51.9 cm³/mol. The van der Waals surface area contributed by atoms with E-state index in [1.807, 2.05) is 0 Å². The van der Waals surface area contributed by atoms with E-state index >= 15 is 0 Å². The number of benzene rings is 1. The third-order valence-electron chi connectivity index (χ3n) is 1.93. The van der Waals surface area contributed by atoms with Crippen molar-refractivity contribution >= 4 is 11.6 Å². The van der Waals surface area contributed by atoms with E-state index in [1.165, 1.54) is 7.11 Å². The highest BCUT2D eigenvalue weighted by molar-refractivity contribution is 6.30. The van der Waals surface area contributed by atoms with Gasteiger partial charge in [-0.3, -0.25) is 0 Å². The Kier molecular flexibility index (Phi) is 3.84. The van der Waals surface area contributed by atoms with Gasteiger partial charge in [0.25, 0.3) is 0 Å². The molecule has 1 aromatic rings. The minimum absolute atomic E-state index is 0.259. The summed E-state index contributed by atoms with van der Waals surface area (Å²) in [5.41, 5.74) is 5.15. The Hall–Kier alpha value is -0.910. The largest absolute Gasteiger partial charge is 0.493 e. The number of methoxy groups -OCH3 is 1. The SMILES string of the molecule is COc1c(F)cc(Cl)c(F)c1C(N)CO. The second kappa shape index (κ2) is 4.74. The van der Waals surface area contributed by atoms with Gasteiger partial charge in [-0.1, -0.05) is 11.6 Å². The number of hydrogen-bond donors (Lipinski definition) is 2. The van der Waals surface area contributed by atoms with E-state index in [9.17, 15) is 8.78 Å². The first kappa shape index (κ1) is 12.2. The zero-order chi connectivity index (χ0) is 11.6. The van der Waals surface area contributed by atoms with Crippen LogP contribution >= 0.6 is 11.6 Å². The van der Waals surface area contributed by atoms with Gasteiger partial charge in [0.05, 0.1) is 30.3 Å². The van der Waals surface area contributed by atoms with E-state index in [0.29, 0.717) is 0 Å². The minimum atomic E-state index is -1.08. The Morgan fingerprint density at radius 3 is 2.67 bits per heavy atom. The molecule has 1 atom stereocenters. The highest BCUT2D eigenvalue weighted by atomic mass is 35.5. The lowest BCUT2D eigenvalue weighted by Gasteiger charge is -2.15. The summed E-state index contributed by atoms with van der Waals surface area (Å²) in [6, 6.07) is -0.281. The second-order valence-corrected chi connectivity index (χ2v) is 3.30. The first-order chi connectivity index (χ1) is 7.02.